The van der Waals surface area contributed by atoms with Crippen LogP contribution in [0, 0.1) is 0 Å². The third-order valence-corrected chi connectivity index (χ3v) is 6.78. The number of hydrogen-bond donors (Lipinski definition) is 1. The summed E-state index contributed by atoms with van der Waals surface area (Å²) < 4.78 is 11.6. The third kappa shape index (κ3) is 4.77. The number of rotatable bonds is 5. The Balaban J connectivity index is 1.33. The molecule has 33 heavy (non-hydrogen) atoms. The zero-order chi connectivity index (χ0) is 22.8. The summed E-state index contributed by atoms with van der Waals surface area (Å²) in [5.41, 5.74) is 2.53. The summed E-state index contributed by atoms with van der Waals surface area (Å²) in [6.07, 6.45) is 1.85. The van der Waals surface area contributed by atoms with Crippen LogP contribution in [-0.2, 0) is 16.1 Å². The predicted molar refractivity (Wildman–Crippen MR) is 131 cm³/mol. The van der Waals surface area contributed by atoms with E-state index in [1.165, 1.54) is 16.7 Å². The van der Waals surface area contributed by atoms with Gasteiger partial charge in [-0.2, -0.15) is 0 Å². The Bertz CT molecular complexity index is 1280. The first-order valence-corrected chi connectivity index (χ1v) is 11.9. The van der Waals surface area contributed by atoms with Gasteiger partial charge in [0.2, 0.25) is 12.7 Å². The number of nitrogens with zero attached hydrogens (tertiary/aromatic N) is 1. The van der Waals surface area contributed by atoms with Gasteiger partial charge in [-0.15, -0.1) is 0 Å². The molecule has 0 saturated heterocycles. The highest BCUT2D eigenvalue weighted by Crippen LogP contribution is 2.42. The van der Waals surface area contributed by atoms with Gasteiger partial charge in [-0.05, 0) is 53.6 Å². The SMILES string of the molecule is O=C(CN1C(=O)C(=Cc2cccc(Br)c2)Sc2ccccc21)NCc1ccc2c(c1)OCO2. The van der Waals surface area contributed by atoms with Crippen molar-refractivity contribution in [3.8, 4) is 11.5 Å². The van der Waals surface area contributed by atoms with Crippen molar-refractivity contribution < 1.29 is 19.1 Å². The molecule has 0 atom stereocenters. The minimum Gasteiger partial charge on any atom is -0.454 e. The molecule has 3 aromatic carbocycles. The van der Waals surface area contributed by atoms with Crippen molar-refractivity contribution in [2.45, 2.75) is 11.4 Å². The predicted octanol–water partition coefficient (Wildman–Crippen LogP) is 4.97. The lowest BCUT2D eigenvalue weighted by atomic mass is 10.2. The average Bonchev–Trinajstić information content (AvgIpc) is 3.28. The van der Waals surface area contributed by atoms with Crippen LogP contribution in [0.4, 0.5) is 5.69 Å². The molecule has 166 valence electrons. The largest absolute Gasteiger partial charge is 0.454 e. The molecule has 0 spiro atoms. The Morgan fingerprint density at radius 2 is 1.91 bits per heavy atom. The molecule has 2 aliphatic heterocycles. The third-order valence-electron chi connectivity index (χ3n) is 5.21. The van der Waals surface area contributed by atoms with Crippen LogP contribution in [0.25, 0.3) is 6.08 Å². The summed E-state index contributed by atoms with van der Waals surface area (Å²) in [6.45, 7) is 0.459. The van der Waals surface area contributed by atoms with E-state index in [0.717, 1.165) is 26.2 Å². The van der Waals surface area contributed by atoms with E-state index in [4.69, 9.17) is 9.47 Å². The normalized spacial score (nSPS) is 15.5. The number of para-hydroxylation sites is 1. The Labute approximate surface area is 203 Å². The molecule has 0 bridgehead atoms. The van der Waals surface area contributed by atoms with E-state index in [2.05, 4.69) is 21.2 Å². The van der Waals surface area contributed by atoms with E-state index in [-0.39, 0.29) is 25.2 Å². The lowest BCUT2D eigenvalue weighted by Crippen LogP contribution is -2.42. The van der Waals surface area contributed by atoms with E-state index in [0.29, 0.717) is 22.9 Å². The minimum atomic E-state index is -0.246. The molecule has 0 radical (unpaired) electrons. The number of amides is 2. The van der Waals surface area contributed by atoms with Gasteiger partial charge in [0.15, 0.2) is 11.5 Å². The van der Waals surface area contributed by atoms with Crippen molar-refractivity contribution in [3.63, 3.8) is 0 Å². The number of halogens is 1. The van der Waals surface area contributed by atoms with E-state index in [1.54, 1.807) is 0 Å². The second kappa shape index (κ2) is 9.33. The van der Waals surface area contributed by atoms with Gasteiger partial charge in [-0.1, -0.05) is 58.0 Å². The monoisotopic (exact) mass is 522 g/mol. The highest BCUT2D eigenvalue weighted by atomic mass is 79.9. The highest BCUT2D eigenvalue weighted by Gasteiger charge is 2.30. The van der Waals surface area contributed by atoms with Gasteiger partial charge in [-0.25, -0.2) is 0 Å². The summed E-state index contributed by atoms with van der Waals surface area (Å²) in [7, 11) is 0. The Morgan fingerprint density at radius 3 is 2.79 bits per heavy atom. The van der Waals surface area contributed by atoms with Gasteiger partial charge in [0.25, 0.3) is 5.91 Å². The topological polar surface area (TPSA) is 67.9 Å². The summed E-state index contributed by atoms with van der Waals surface area (Å²) in [5, 5.41) is 2.90. The van der Waals surface area contributed by atoms with Crippen LogP contribution in [-0.4, -0.2) is 25.2 Å². The number of fused-ring (bicyclic) bond motifs is 2. The van der Waals surface area contributed by atoms with Crippen LogP contribution in [0.3, 0.4) is 0 Å². The lowest BCUT2D eigenvalue weighted by molar-refractivity contribution is -0.122. The van der Waals surface area contributed by atoms with E-state index in [9.17, 15) is 9.59 Å². The Morgan fingerprint density at radius 1 is 1.06 bits per heavy atom. The van der Waals surface area contributed by atoms with Gasteiger partial charge < -0.3 is 14.8 Å². The number of ether oxygens (including phenoxy) is 2. The molecule has 0 unspecified atom stereocenters. The molecule has 6 nitrogen and oxygen atoms in total. The van der Waals surface area contributed by atoms with Crippen LogP contribution in [0.15, 0.2) is 81.0 Å². The van der Waals surface area contributed by atoms with Crippen LogP contribution < -0.4 is 19.7 Å². The smallest absolute Gasteiger partial charge is 0.265 e. The second-order valence-electron chi connectivity index (χ2n) is 7.49. The fourth-order valence-electron chi connectivity index (χ4n) is 3.62. The fourth-order valence-corrected chi connectivity index (χ4v) is 5.09. The fraction of sp³-hybridized carbons (Fsp3) is 0.120. The highest BCUT2D eigenvalue weighted by molar-refractivity contribution is 9.10. The average molecular weight is 523 g/mol. The first-order chi connectivity index (χ1) is 16.1. The van der Waals surface area contributed by atoms with Crippen LogP contribution >= 0.6 is 27.7 Å². The summed E-state index contributed by atoms with van der Waals surface area (Å²) in [5.74, 6) is 0.922. The maximum absolute atomic E-state index is 13.3. The van der Waals surface area contributed by atoms with E-state index >= 15 is 0 Å². The van der Waals surface area contributed by atoms with Crippen molar-refractivity contribution in [1.82, 2.24) is 5.32 Å². The number of nitrogens with one attached hydrogen (secondary N) is 1. The molecule has 2 amide bonds. The number of thioether (sulfide) groups is 1. The maximum atomic E-state index is 13.3. The van der Waals surface area contributed by atoms with Crippen molar-refractivity contribution in [3.05, 3.63) is 87.2 Å². The second-order valence-corrected chi connectivity index (χ2v) is 9.49. The van der Waals surface area contributed by atoms with Crippen molar-refractivity contribution in [2.75, 3.05) is 18.2 Å². The first kappa shape index (κ1) is 21.6. The molecule has 2 aliphatic rings. The van der Waals surface area contributed by atoms with Gasteiger partial charge >= 0.3 is 0 Å². The minimum absolute atomic E-state index is 0.0726. The number of carbonyl (C=O) groups excluding carboxylic acids is 2. The zero-order valence-electron chi connectivity index (χ0n) is 17.4. The quantitative estimate of drug-likeness (QED) is 0.479. The number of carbonyl (C=O) groups is 2. The molecule has 0 saturated carbocycles. The summed E-state index contributed by atoms with van der Waals surface area (Å²) >= 11 is 4.88. The summed E-state index contributed by atoms with van der Waals surface area (Å²) in [4.78, 5) is 29.1. The van der Waals surface area contributed by atoms with Crippen molar-refractivity contribution >= 4 is 51.3 Å². The molecule has 5 rings (SSSR count). The van der Waals surface area contributed by atoms with Gasteiger partial charge in [0.05, 0.1) is 10.6 Å². The molecule has 2 heterocycles. The molecule has 3 aromatic rings. The number of benzene rings is 3. The molecule has 1 N–H and O–H groups in total. The molecule has 0 aromatic heterocycles. The molecule has 8 heteroatoms. The molecule has 0 aliphatic carbocycles. The molecule has 0 fully saturated rings. The van der Waals surface area contributed by atoms with Gasteiger partial charge in [0.1, 0.15) is 6.54 Å². The molecular formula is C25H19BrN2O4S. The number of anilines is 1. The van der Waals surface area contributed by atoms with Crippen LogP contribution in [0.1, 0.15) is 11.1 Å². The first-order valence-electron chi connectivity index (χ1n) is 10.3. The van der Waals surface area contributed by atoms with Crippen molar-refractivity contribution in [1.29, 1.82) is 0 Å². The lowest BCUT2D eigenvalue weighted by Gasteiger charge is -2.29. The Kier molecular flexibility index (Phi) is 6.11. The van der Waals surface area contributed by atoms with Crippen LogP contribution in [0.5, 0.6) is 11.5 Å². The zero-order valence-corrected chi connectivity index (χ0v) is 19.8. The number of hydrogen-bond acceptors (Lipinski definition) is 5. The van der Waals surface area contributed by atoms with E-state index in [1.807, 2.05) is 72.8 Å². The Hall–Kier alpha value is -3.23. The van der Waals surface area contributed by atoms with Crippen molar-refractivity contribution in [2.24, 2.45) is 0 Å². The van der Waals surface area contributed by atoms with Crippen LogP contribution in [0.2, 0.25) is 0 Å². The molecular weight excluding hydrogens is 504 g/mol. The van der Waals surface area contributed by atoms with E-state index < -0.39 is 0 Å². The maximum Gasteiger partial charge on any atom is 0.265 e. The standard InChI is InChI=1S/C25H19BrN2O4S/c26-18-5-3-4-16(10-18)12-23-25(30)28(19-6-1-2-7-22(19)33-23)14-24(29)27-13-17-8-9-20-21(11-17)32-15-31-20/h1-12H,13-15H2,(H,27,29). The summed E-state index contributed by atoms with van der Waals surface area (Å²) in [6, 6.07) is 20.9. The van der Waals surface area contributed by atoms with Gasteiger partial charge in [-0.3, -0.25) is 14.5 Å². The van der Waals surface area contributed by atoms with Gasteiger partial charge in [0, 0.05) is 15.9 Å².